The third-order valence-corrected chi connectivity index (χ3v) is 5.95. The van der Waals surface area contributed by atoms with E-state index >= 15 is 0 Å². The van der Waals surface area contributed by atoms with Crippen LogP contribution in [0.2, 0.25) is 0 Å². The molecule has 7 nitrogen and oxygen atoms in total. The first-order chi connectivity index (χ1) is 12.6. The molecule has 1 fully saturated rings. The number of rotatable bonds is 6. The predicted molar refractivity (Wildman–Crippen MR) is 101 cm³/mol. The molecule has 1 aromatic rings. The number of amides is 2. The predicted octanol–water partition coefficient (Wildman–Crippen LogP) is 1.52. The quantitative estimate of drug-likeness (QED) is 0.731. The zero-order valence-electron chi connectivity index (χ0n) is 15.3. The molecule has 1 aromatic heterocycles. The van der Waals surface area contributed by atoms with Crippen molar-refractivity contribution < 1.29 is 14.7 Å². The molecule has 26 heavy (non-hydrogen) atoms. The van der Waals surface area contributed by atoms with Crippen LogP contribution in [-0.4, -0.2) is 68.3 Å². The number of nitrogens with zero attached hydrogens (tertiary/aromatic N) is 3. The van der Waals surface area contributed by atoms with Gasteiger partial charge in [0.25, 0.3) is 11.8 Å². The maximum Gasteiger partial charge on any atom is 0.274 e. The molecule has 8 heteroatoms. The van der Waals surface area contributed by atoms with Gasteiger partial charge in [-0.2, -0.15) is 16.9 Å². The summed E-state index contributed by atoms with van der Waals surface area (Å²) in [7, 11) is 0. The van der Waals surface area contributed by atoms with Crippen LogP contribution >= 0.6 is 11.8 Å². The molecule has 1 atom stereocenters. The Bertz CT molecular complexity index is 642. The van der Waals surface area contributed by atoms with E-state index in [9.17, 15) is 14.7 Å². The van der Waals surface area contributed by atoms with Gasteiger partial charge in [-0.3, -0.25) is 14.3 Å². The normalized spacial score (nSPS) is 21.0. The van der Waals surface area contributed by atoms with E-state index in [1.165, 1.54) is 11.1 Å². The highest BCUT2D eigenvalue weighted by Gasteiger charge is 2.30. The summed E-state index contributed by atoms with van der Waals surface area (Å²) in [6.45, 7) is 3.25. The summed E-state index contributed by atoms with van der Waals surface area (Å²) in [5, 5.41) is 16.9. The van der Waals surface area contributed by atoms with Crippen molar-refractivity contribution in [2.45, 2.75) is 57.7 Å². The van der Waals surface area contributed by atoms with E-state index in [2.05, 4.69) is 17.3 Å². The van der Waals surface area contributed by atoms with Gasteiger partial charge in [-0.15, -0.1) is 0 Å². The molecule has 1 aliphatic heterocycles. The molecule has 2 amide bonds. The molecule has 0 aromatic carbocycles. The van der Waals surface area contributed by atoms with Gasteiger partial charge in [-0.05, 0) is 18.6 Å². The molecule has 0 bridgehead atoms. The Morgan fingerprint density at radius 2 is 2.19 bits per heavy atom. The Kier molecular flexibility index (Phi) is 6.58. The molecule has 1 unspecified atom stereocenters. The Labute approximate surface area is 158 Å². The highest BCUT2D eigenvalue weighted by molar-refractivity contribution is 7.99. The molecule has 3 rings (SSSR count). The minimum absolute atomic E-state index is 0.100. The average Bonchev–Trinajstić information content (AvgIpc) is 3.02. The first-order valence-electron chi connectivity index (χ1n) is 9.53. The van der Waals surface area contributed by atoms with Crippen LogP contribution < -0.4 is 5.32 Å². The standard InChI is InChI=1S/C18H28N4O3S/c1-2-26-9-8-21(13-6-4-3-5-7-13)18(25)15-10-16-17(24)19-11-14(23)12-22(16)20-15/h10,13-14,23H,2-9,11-12H2,1H3,(H,19,24). The van der Waals surface area contributed by atoms with Crippen molar-refractivity contribution in [1.29, 1.82) is 0 Å². The molecule has 144 valence electrons. The maximum absolute atomic E-state index is 13.2. The molecular weight excluding hydrogens is 352 g/mol. The molecule has 1 saturated carbocycles. The lowest BCUT2D eigenvalue weighted by atomic mass is 9.94. The summed E-state index contributed by atoms with van der Waals surface area (Å²) in [5.41, 5.74) is 0.646. The van der Waals surface area contributed by atoms with Gasteiger partial charge in [0.05, 0.1) is 12.6 Å². The Hall–Kier alpha value is -1.54. The van der Waals surface area contributed by atoms with Crippen molar-refractivity contribution in [1.82, 2.24) is 20.0 Å². The van der Waals surface area contributed by atoms with Crippen molar-refractivity contribution in [3.8, 4) is 0 Å². The number of carbonyl (C=O) groups excluding carboxylic acids is 2. The van der Waals surface area contributed by atoms with E-state index in [1.54, 1.807) is 6.07 Å². The Morgan fingerprint density at radius 3 is 2.92 bits per heavy atom. The summed E-state index contributed by atoms with van der Waals surface area (Å²) in [5.74, 6) is 1.55. The van der Waals surface area contributed by atoms with Crippen LogP contribution in [0.15, 0.2) is 6.07 Å². The van der Waals surface area contributed by atoms with Crippen LogP contribution in [-0.2, 0) is 6.54 Å². The highest BCUT2D eigenvalue weighted by Crippen LogP contribution is 2.24. The molecule has 0 spiro atoms. The molecule has 2 aliphatic rings. The molecule has 1 aliphatic carbocycles. The van der Waals surface area contributed by atoms with Crippen LogP contribution in [0.3, 0.4) is 0 Å². The summed E-state index contributed by atoms with van der Waals surface area (Å²) in [6.07, 6.45) is 4.93. The smallest absolute Gasteiger partial charge is 0.274 e. The van der Waals surface area contributed by atoms with Crippen LogP contribution in [0.25, 0.3) is 0 Å². The summed E-state index contributed by atoms with van der Waals surface area (Å²) in [4.78, 5) is 27.3. The van der Waals surface area contributed by atoms with E-state index in [1.807, 2.05) is 16.7 Å². The van der Waals surface area contributed by atoms with E-state index in [0.29, 0.717) is 17.9 Å². The van der Waals surface area contributed by atoms with Gasteiger partial charge in [0.15, 0.2) is 5.69 Å². The summed E-state index contributed by atoms with van der Waals surface area (Å²) >= 11 is 1.83. The van der Waals surface area contributed by atoms with Gasteiger partial charge < -0.3 is 15.3 Å². The van der Waals surface area contributed by atoms with Crippen molar-refractivity contribution in [2.75, 3.05) is 24.6 Å². The fourth-order valence-electron chi connectivity index (χ4n) is 3.71. The largest absolute Gasteiger partial charge is 0.389 e. The van der Waals surface area contributed by atoms with E-state index < -0.39 is 6.10 Å². The zero-order valence-corrected chi connectivity index (χ0v) is 16.1. The summed E-state index contributed by atoms with van der Waals surface area (Å²) < 4.78 is 1.46. The van der Waals surface area contributed by atoms with Gasteiger partial charge >= 0.3 is 0 Å². The number of nitrogens with one attached hydrogen (secondary N) is 1. The lowest BCUT2D eigenvalue weighted by Gasteiger charge is -2.34. The van der Waals surface area contributed by atoms with Crippen LogP contribution in [0.1, 0.15) is 60.0 Å². The van der Waals surface area contributed by atoms with Gasteiger partial charge in [-0.1, -0.05) is 26.2 Å². The number of hydrogen-bond acceptors (Lipinski definition) is 5. The van der Waals surface area contributed by atoms with Crippen molar-refractivity contribution in [3.63, 3.8) is 0 Å². The second kappa shape index (κ2) is 8.90. The molecule has 2 heterocycles. The fourth-order valence-corrected chi connectivity index (χ4v) is 4.32. The fraction of sp³-hybridized carbons (Fsp3) is 0.722. The number of hydrogen-bond donors (Lipinski definition) is 2. The van der Waals surface area contributed by atoms with Crippen molar-refractivity contribution in [3.05, 3.63) is 17.5 Å². The molecule has 0 radical (unpaired) electrons. The molecule has 2 N–H and O–H groups in total. The minimum Gasteiger partial charge on any atom is -0.389 e. The first kappa shape index (κ1) is 19.2. The monoisotopic (exact) mass is 380 g/mol. The average molecular weight is 381 g/mol. The van der Waals surface area contributed by atoms with Crippen LogP contribution in [0, 0.1) is 0 Å². The van der Waals surface area contributed by atoms with E-state index in [4.69, 9.17) is 0 Å². The van der Waals surface area contributed by atoms with E-state index in [-0.39, 0.29) is 30.9 Å². The zero-order chi connectivity index (χ0) is 18.5. The first-order valence-corrected chi connectivity index (χ1v) is 10.7. The highest BCUT2D eigenvalue weighted by atomic mass is 32.2. The SMILES string of the molecule is CCSCCN(C(=O)c1cc2n(n1)CC(O)CNC2=O)C1CCCCC1. The van der Waals surface area contributed by atoms with E-state index in [0.717, 1.165) is 37.2 Å². The lowest BCUT2D eigenvalue weighted by molar-refractivity contribution is 0.0642. The van der Waals surface area contributed by atoms with Crippen LogP contribution in [0.4, 0.5) is 0 Å². The van der Waals surface area contributed by atoms with Gasteiger partial charge in [0.1, 0.15) is 5.69 Å². The number of fused-ring (bicyclic) bond motifs is 1. The topological polar surface area (TPSA) is 87.5 Å². The van der Waals surface area contributed by atoms with Crippen molar-refractivity contribution in [2.24, 2.45) is 0 Å². The second-order valence-corrected chi connectivity index (χ2v) is 8.34. The number of aromatic nitrogens is 2. The minimum atomic E-state index is -0.696. The van der Waals surface area contributed by atoms with Crippen molar-refractivity contribution >= 4 is 23.6 Å². The molecular formula is C18H28N4O3S. The maximum atomic E-state index is 13.2. The molecule has 0 saturated heterocycles. The third kappa shape index (κ3) is 4.40. The van der Waals surface area contributed by atoms with Gasteiger partial charge in [-0.25, -0.2) is 0 Å². The Morgan fingerprint density at radius 1 is 1.42 bits per heavy atom. The number of aliphatic hydroxyl groups excluding tert-OH is 1. The number of thioether (sulfide) groups is 1. The lowest BCUT2D eigenvalue weighted by Crippen LogP contribution is -2.43. The van der Waals surface area contributed by atoms with Crippen LogP contribution in [0.5, 0.6) is 0 Å². The Balaban J connectivity index is 1.80. The third-order valence-electron chi connectivity index (χ3n) is 5.07. The number of aliphatic hydroxyl groups is 1. The summed E-state index contributed by atoms with van der Waals surface area (Å²) in [6, 6.07) is 1.83. The number of carbonyl (C=O) groups is 2. The number of β-amino-alcohol motifs (C(OH)–C–C–N with tert-alkyl or cyclic N) is 1. The van der Waals surface area contributed by atoms with Gasteiger partial charge in [0, 0.05) is 31.0 Å². The van der Waals surface area contributed by atoms with Gasteiger partial charge in [0.2, 0.25) is 0 Å². The second-order valence-electron chi connectivity index (χ2n) is 6.95.